The van der Waals surface area contributed by atoms with E-state index in [0.29, 0.717) is 19.3 Å². The maximum Gasteiger partial charge on any atom is 0.255 e. The molecule has 1 aliphatic carbocycles. The van der Waals surface area contributed by atoms with Gasteiger partial charge >= 0.3 is 0 Å². The first kappa shape index (κ1) is 13.2. The molecule has 6 heteroatoms. The molecule has 1 saturated carbocycles. The fourth-order valence-electron chi connectivity index (χ4n) is 3.01. The number of nitrogens with zero attached hydrogens (tertiary/aromatic N) is 1. The molecule has 1 unspecified atom stereocenters. The van der Waals surface area contributed by atoms with Crippen LogP contribution < -0.4 is 5.32 Å². The summed E-state index contributed by atoms with van der Waals surface area (Å²) >= 11 is 0. The lowest BCUT2D eigenvalue weighted by Gasteiger charge is -2.46. The van der Waals surface area contributed by atoms with Gasteiger partial charge in [0, 0.05) is 0 Å². The predicted molar refractivity (Wildman–Crippen MR) is 61.1 cm³/mol. The number of carbonyl (C=O) groups is 2. The van der Waals surface area contributed by atoms with Crippen LogP contribution in [-0.4, -0.2) is 41.3 Å². The fourth-order valence-corrected chi connectivity index (χ4v) is 3.01. The molecule has 0 aromatic rings. The molecule has 1 aliphatic heterocycles. The third-order valence-corrected chi connectivity index (χ3v) is 3.97. The molecule has 1 atom stereocenters. The molecule has 0 aromatic carbocycles. The van der Waals surface area contributed by atoms with E-state index < -0.39 is 24.6 Å². The van der Waals surface area contributed by atoms with Crippen LogP contribution in [0.5, 0.6) is 0 Å². The van der Waals surface area contributed by atoms with E-state index >= 15 is 0 Å². The second-order valence-corrected chi connectivity index (χ2v) is 5.01. The first-order valence-corrected chi connectivity index (χ1v) is 6.42. The molecule has 0 aromatic heterocycles. The van der Waals surface area contributed by atoms with Crippen LogP contribution in [-0.2, 0) is 9.59 Å². The Balaban J connectivity index is 2.31. The predicted octanol–water partition coefficient (Wildman–Crippen LogP) is 1.30. The van der Waals surface area contributed by atoms with Gasteiger partial charge in [0.15, 0.2) is 0 Å². The molecule has 2 aliphatic rings. The van der Waals surface area contributed by atoms with Gasteiger partial charge in [-0.05, 0) is 19.3 Å². The number of piperazine rings is 1. The summed E-state index contributed by atoms with van der Waals surface area (Å²) < 4.78 is 25.3. The van der Waals surface area contributed by atoms with Gasteiger partial charge in [0.25, 0.3) is 6.43 Å². The second kappa shape index (κ2) is 4.82. The van der Waals surface area contributed by atoms with Crippen LogP contribution in [0.25, 0.3) is 0 Å². The first-order chi connectivity index (χ1) is 8.51. The van der Waals surface area contributed by atoms with Gasteiger partial charge in [-0.3, -0.25) is 9.59 Å². The molecular formula is C12H18F2N2O2. The van der Waals surface area contributed by atoms with Gasteiger partial charge in [-0.25, -0.2) is 8.78 Å². The molecule has 1 N–H and O–H groups in total. The lowest BCUT2D eigenvalue weighted by molar-refractivity contribution is -0.160. The summed E-state index contributed by atoms with van der Waals surface area (Å²) in [6.45, 7) is 1.12. The maximum atomic E-state index is 12.7. The molecule has 2 rings (SSSR count). The van der Waals surface area contributed by atoms with E-state index in [0.717, 1.165) is 17.7 Å². The molecule has 18 heavy (non-hydrogen) atoms. The molecule has 102 valence electrons. The SMILES string of the molecule is CCC1NC(=O)C2(CCCC2)N(CC(F)F)C1=O. The summed E-state index contributed by atoms with van der Waals surface area (Å²) in [6.07, 6.45) is 0.422. The number of rotatable bonds is 3. The Hall–Kier alpha value is -1.20. The van der Waals surface area contributed by atoms with Crippen LogP contribution in [0.2, 0.25) is 0 Å². The Morgan fingerprint density at radius 3 is 2.50 bits per heavy atom. The van der Waals surface area contributed by atoms with Gasteiger partial charge in [0.05, 0.1) is 6.54 Å². The lowest BCUT2D eigenvalue weighted by atomic mass is 9.89. The maximum absolute atomic E-state index is 12.7. The van der Waals surface area contributed by atoms with Crippen molar-refractivity contribution in [2.75, 3.05) is 6.54 Å². The summed E-state index contributed by atoms with van der Waals surface area (Å²) in [5.41, 5.74) is -1.01. The minimum absolute atomic E-state index is 0.257. The number of hydrogen-bond acceptors (Lipinski definition) is 2. The average molecular weight is 260 g/mol. The largest absolute Gasteiger partial charge is 0.342 e. The highest BCUT2D eigenvalue weighted by Gasteiger charge is 2.53. The Kier molecular flexibility index (Phi) is 3.54. The van der Waals surface area contributed by atoms with Crippen molar-refractivity contribution in [2.24, 2.45) is 0 Å². The molecule has 0 radical (unpaired) electrons. The van der Waals surface area contributed by atoms with E-state index in [9.17, 15) is 18.4 Å². The molecule has 1 saturated heterocycles. The number of carbonyl (C=O) groups excluding carboxylic acids is 2. The monoisotopic (exact) mass is 260 g/mol. The third kappa shape index (κ3) is 1.97. The topological polar surface area (TPSA) is 49.4 Å². The van der Waals surface area contributed by atoms with E-state index in [2.05, 4.69) is 5.32 Å². The summed E-state index contributed by atoms with van der Waals surface area (Å²) in [6, 6.07) is -0.650. The summed E-state index contributed by atoms with van der Waals surface area (Å²) in [5, 5.41) is 2.68. The molecule has 1 spiro atoms. The molecule has 1 heterocycles. The molecule has 2 fully saturated rings. The second-order valence-electron chi connectivity index (χ2n) is 5.01. The minimum atomic E-state index is -2.60. The van der Waals surface area contributed by atoms with Crippen molar-refractivity contribution in [1.29, 1.82) is 0 Å². The first-order valence-electron chi connectivity index (χ1n) is 6.42. The van der Waals surface area contributed by atoms with Crippen LogP contribution in [0.1, 0.15) is 39.0 Å². The smallest absolute Gasteiger partial charge is 0.255 e. The zero-order valence-electron chi connectivity index (χ0n) is 10.4. The van der Waals surface area contributed by atoms with E-state index in [1.54, 1.807) is 6.92 Å². The normalized spacial score (nSPS) is 27.1. The average Bonchev–Trinajstić information content (AvgIpc) is 2.80. The van der Waals surface area contributed by atoms with Crippen molar-refractivity contribution in [3.8, 4) is 0 Å². The van der Waals surface area contributed by atoms with E-state index in [1.807, 2.05) is 0 Å². The zero-order valence-corrected chi connectivity index (χ0v) is 10.4. The Labute approximate surface area is 105 Å². The van der Waals surface area contributed by atoms with Crippen LogP contribution in [0.4, 0.5) is 8.78 Å². The third-order valence-electron chi connectivity index (χ3n) is 3.97. The van der Waals surface area contributed by atoms with Gasteiger partial charge < -0.3 is 10.2 Å². The fraction of sp³-hybridized carbons (Fsp3) is 0.833. The van der Waals surface area contributed by atoms with Crippen molar-refractivity contribution < 1.29 is 18.4 Å². The van der Waals surface area contributed by atoms with Crippen molar-refractivity contribution in [1.82, 2.24) is 10.2 Å². The number of halogens is 2. The number of hydrogen-bond donors (Lipinski definition) is 1. The summed E-state index contributed by atoms with van der Waals surface area (Å²) in [5.74, 6) is -0.619. The minimum Gasteiger partial charge on any atom is -0.342 e. The van der Waals surface area contributed by atoms with Gasteiger partial charge in [-0.2, -0.15) is 0 Å². The Morgan fingerprint density at radius 2 is 2.00 bits per heavy atom. The van der Waals surface area contributed by atoms with E-state index in [-0.39, 0.29) is 11.8 Å². The molecular weight excluding hydrogens is 242 g/mol. The quantitative estimate of drug-likeness (QED) is 0.831. The van der Waals surface area contributed by atoms with Crippen LogP contribution in [0.15, 0.2) is 0 Å². The van der Waals surface area contributed by atoms with Gasteiger partial charge in [0.1, 0.15) is 11.6 Å². The van der Waals surface area contributed by atoms with Crippen LogP contribution >= 0.6 is 0 Å². The highest BCUT2D eigenvalue weighted by molar-refractivity contribution is 6.00. The summed E-state index contributed by atoms with van der Waals surface area (Å²) in [7, 11) is 0. The van der Waals surface area contributed by atoms with Gasteiger partial charge in [-0.15, -0.1) is 0 Å². The molecule has 4 nitrogen and oxygen atoms in total. The summed E-state index contributed by atoms with van der Waals surface area (Å²) in [4.78, 5) is 25.5. The van der Waals surface area contributed by atoms with Crippen molar-refractivity contribution >= 4 is 11.8 Å². The highest BCUT2D eigenvalue weighted by Crippen LogP contribution is 2.38. The van der Waals surface area contributed by atoms with Crippen LogP contribution in [0, 0.1) is 0 Å². The number of amides is 2. The Morgan fingerprint density at radius 1 is 1.39 bits per heavy atom. The van der Waals surface area contributed by atoms with Crippen LogP contribution in [0.3, 0.4) is 0 Å². The van der Waals surface area contributed by atoms with Crippen molar-refractivity contribution in [3.63, 3.8) is 0 Å². The van der Waals surface area contributed by atoms with Crippen molar-refractivity contribution in [2.45, 2.75) is 57.0 Å². The lowest BCUT2D eigenvalue weighted by Crippen LogP contribution is -2.70. The standard InChI is InChI=1S/C12H18F2N2O2/c1-2-8-10(17)16(7-9(13)14)12(11(18)15-8)5-3-4-6-12/h8-9H,2-7H2,1H3,(H,15,18). The van der Waals surface area contributed by atoms with E-state index in [4.69, 9.17) is 0 Å². The number of nitrogens with one attached hydrogen (secondary N) is 1. The van der Waals surface area contributed by atoms with Gasteiger partial charge in [-0.1, -0.05) is 19.8 Å². The molecule has 0 bridgehead atoms. The zero-order chi connectivity index (χ0) is 13.3. The highest BCUT2D eigenvalue weighted by atomic mass is 19.3. The van der Waals surface area contributed by atoms with Crippen molar-refractivity contribution in [3.05, 3.63) is 0 Å². The van der Waals surface area contributed by atoms with E-state index in [1.165, 1.54) is 0 Å². The Bertz CT molecular complexity index is 354. The van der Waals surface area contributed by atoms with Gasteiger partial charge in [0.2, 0.25) is 11.8 Å². The molecule has 2 amide bonds. The number of alkyl halides is 2.